The van der Waals surface area contributed by atoms with Crippen molar-refractivity contribution in [2.24, 2.45) is 17.8 Å². The summed E-state index contributed by atoms with van der Waals surface area (Å²) in [4.78, 5) is 10.7. The summed E-state index contributed by atoms with van der Waals surface area (Å²) in [5.41, 5.74) is 6.99. The molecule has 0 aromatic heterocycles. The van der Waals surface area contributed by atoms with Crippen LogP contribution >= 0.6 is 0 Å². The van der Waals surface area contributed by atoms with Gasteiger partial charge in [0.05, 0.1) is 5.91 Å². The summed E-state index contributed by atoms with van der Waals surface area (Å²) in [6.45, 7) is 0. The molecule has 35 heavy (non-hydrogen) atoms. The van der Waals surface area contributed by atoms with E-state index in [1.165, 1.54) is 40.4 Å². The first-order valence-electron chi connectivity index (χ1n) is 11.4. The van der Waals surface area contributed by atoms with Gasteiger partial charge in [-0.2, -0.15) is 17.5 Å². The third-order valence-electron chi connectivity index (χ3n) is 6.46. The number of benzene rings is 3. The first kappa shape index (κ1) is 31.4. The first-order chi connectivity index (χ1) is 15.7. The Balaban J connectivity index is 0.000000256. The molecule has 2 radical (unpaired) electrons. The van der Waals surface area contributed by atoms with E-state index in [1.807, 2.05) is 0 Å². The van der Waals surface area contributed by atoms with Gasteiger partial charge in [0, 0.05) is 5.92 Å². The second kappa shape index (κ2) is 16.2. The number of amides is 1. The molecule has 2 nitrogen and oxygen atoms in total. The second-order valence-electron chi connectivity index (χ2n) is 8.66. The van der Waals surface area contributed by atoms with Gasteiger partial charge in [-0.15, -0.1) is 29.7 Å². The normalized spacial score (nSPS) is 18.9. The van der Waals surface area contributed by atoms with Crippen LogP contribution in [0, 0.1) is 17.8 Å². The van der Waals surface area contributed by atoms with Crippen LogP contribution in [-0.2, 0) is 31.0 Å². The molecule has 3 atom stereocenters. The Morgan fingerprint density at radius 3 is 1.80 bits per heavy atom. The smallest absolute Gasteiger partial charge is 1.00 e. The van der Waals surface area contributed by atoms with Gasteiger partial charge in [0.15, 0.2) is 0 Å². The molecule has 2 fully saturated rings. The van der Waals surface area contributed by atoms with Gasteiger partial charge < -0.3 is 35.3 Å². The van der Waals surface area contributed by atoms with Gasteiger partial charge in [0.2, 0.25) is 0 Å². The average Bonchev–Trinajstić information content (AvgIpc) is 3.58. The van der Waals surface area contributed by atoms with Crippen LogP contribution in [-0.4, -0.2) is 15.4 Å². The standard InChI is InChI=1S/C12H10Si.C9H7.C8H13NO.2ClH.Zr/c1-3-7-11(8-4-1)13-12-9-5-2-6-10-12;1-2-5-9-7-3-6-8(9)4-1;9-8(10)7-4-5-1-2-6(7)3-5;;;/h1-10H;1-7H;5-7H,1-4H2,(H2,9,10);2*1H;/q;-1;;;;+4/p-3. The van der Waals surface area contributed by atoms with E-state index in [9.17, 15) is 4.79 Å². The number of hydrogen-bond donors (Lipinski definition) is 0. The van der Waals surface area contributed by atoms with Crippen LogP contribution in [0.5, 0.6) is 0 Å². The quantitative estimate of drug-likeness (QED) is 0.241. The van der Waals surface area contributed by atoms with E-state index in [0.717, 1.165) is 21.9 Å². The number of hydrogen-bond acceptors (Lipinski definition) is 1. The number of halogens is 2. The van der Waals surface area contributed by atoms with E-state index in [-0.39, 0.29) is 62.8 Å². The maximum absolute atomic E-state index is 10.7. The molecule has 4 aromatic rings. The Hall–Kier alpha value is -1.58. The molecule has 1 amide bonds. The van der Waals surface area contributed by atoms with Gasteiger partial charge in [-0.05, 0) is 31.1 Å². The van der Waals surface area contributed by atoms with Crippen LogP contribution in [0.4, 0.5) is 0 Å². The molecule has 2 bridgehead atoms. The van der Waals surface area contributed by atoms with E-state index in [2.05, 4.69) is 103 Å². The van der Waals surface area contributed by atoms with Crippen molar-refractivity contribution in [3.63, 3.8) is 0 Å². The van der Waals surface area contributed by atoms with Gasteiger partial charge in [0.25, 0.3) is 0 Å². The fraction of sp³-hybridized carbons (Fsp3) is 0.241. The largest absolute Gasteiger partial charge is 4.00 e. The van der Waals surface area contributed by atoms with Gasteiger partial charge in [0.1, 0.15) is 9.52 Å². The molecule has 3 unspecified atom stereocenters. The number of rotatable bonds is 3. The summed E-state index contributed by atoms with van der Waals surface area (Å²) in [6.07, 6.45) is 4.77. The van der Waals surface area contributed by atoms with Crippen LogP contribution in [0.2, 0.25) is 0 Å². The molecule has 6 rings (SSSR count). The van der Waals surface area contributed by atoms with Crippen molar-refractivity contribution < 1.29 is 55.8 Å². The summed E-state index contributed by atoms with van der Waals surface area (Å²) in [5, 5.41) is 5.46. The summed E-state index contributed by atoms with van der Waals surface area (Å²) < 4.78 is 0. The molecule has 1 N–H and O–H groups in total. The molecule has 2 aliphatic carbocycles. The van der Waals surface area contributed by atoms with Crippen LogP contribution < -0.4 is 35.2 Å². The predicted octanol–water partition coefficient (Wildman–Crippen LogP) is -0.0928. The van der Waals surface area contributed by atoms with Gasteiger partial charge in [-0.3, -0.25) is 0 Å². The van der Waals surface area contributed by atoms with Crippen LogP contribution in [0.15, 0.2) is 103 Å². The fourth-order valence-electron chi connectivity index (χ4n) is 4.85. The second-order valence-corrected chi connectivity index (χ2v) is 10.1. The Morgan fingerprint density at radius 2 is 1.34 bits per heavy atom. The molecule has 0 spiro atoms. The summed E-state index contributed by atoms with van der Waals surface area (Å²) in [7, 11) is 0.777. The molecule has 6 heteroatoms. The van der Waals surface area contributed by atoms with Crippen LogP contribution in [0.3, 0.4) is 0 Å². The van der Waals surface area contributed by atoms with Crippen LogP contribution in [0.1, 0.15) is 25.7 Å². The molecular weight excluding hydrogens is 569 g/mol. The van der Waals surface area contributed by atoms with E-state index in [4.69, 9.17) is 5.73 Å². The summed E-state index contributed by atoms with van der Waals surface area (Å²) >= 11 is 0. The number of nitrogens with one attached hydrogen (secondary N) is 1. The van der Waals surface area contributed by atoms with Gasteiger partial charge >= 0.3 is 26.2 Å². The monoisotopic (exact) mass is 595 g/mol. The number of carbonyl (C=O) groups is 1. The molecular formula is C29H29Cl2NOSiZr. The summed E-state index contributed by atoms with van der Waals surface area (Å²) in [6, 6.07) is 35.8. The Labute approximate surface area is 243 Å². The molecule has 4 aromatic carbocycles. The van der Waals surface area contributed by atoms with Crippen molar-refractivity contribution >= 4 is 36.6 Å². The maximum Gasteiger partial charge on any atom is 4.00 e. The SMILES string of the molecule is [Cl-].[Cl-].[NH-]C(=O)C1CC2CCC1C2.[Zr+4].c1ccc([Si]c2ccccc2)cc1.c1ccc2[cH-]ccc2c1. The minimum atomic E-state index is -0.313. The Bertz CT molecular complexity index is 1060. The van der Waals surface area contributed by atoms with E-state index < -0.39 is 0 Å². The van der Waals surface area contributed by atoms with E-state index in [0.29, 0.717) is 5.92 Å². The van der Waals surface area contributed by atoms with E-state index >= 15 is 0 Å². The minimum Gasteiger partial charge on any atom is -1.00 e. The minimum absolute atomic E-state index is 0. The van der Waals surface area contributed by atoms with Crippen molar-refractivity contribution in [2.45, 2.75) is 25.7 Å². The average molecular weight is 598 g/mol. The van der Waals surface area contributed by atoms with Crippen molar-refractivity contribution in [3.05, 3.63) is 109 Å². The van der Waals surface area contributed by atoms with Crippen molar-refractivity contribution in [1.82, 2.24) is 0 Å². The van der Waals surface area contributed by atoms with Gasteiger partial charge in [-0.1, -0.05) is 83.5 Å². The maximum atomic E-state index is 10.7. The molecule has 0 saturated heterocycles. The topological polar surface area (TPSA) is 40.9 Å². The number of carbonyl (C=O) groups excluding carboxylic acids is 1. The molecule has 0 heterocycles. The third kappa shape index (κ3) is 9.42. The van der Waals surface area contributed by atoms with Crippen molar-refractivity contribution in [1.29, 1.82) is 0 Å². The van der Waals surface area contributed by atoms with Crippen molar-refractivity contribution in [3.8, 4) is 0 Å². The molecule has 2 aliphatic rings. The number of fused-ring (bicyclic) bond motifs is 3. The van der Waals surface area contributed by atoms with Crippen molar-refractivity contribution in [2.75, 3.05) is 0 Å². The van der Waals surface area contributed by atoms with E-state index in [1.54, 1.807) is 0 Å². The Morgan fingerprint density at radius 1 is 0.771 bits per heavy atom. The Kier molecular flexibility index (Phi) is 14.6. The predicted molar refractivity (Wildman–Crippen MR) is 136 cm³/mol. The molecule has 178 valence electrons. The first-order valence-corrected chi connectivity index (χ1v) is 12.4. The molecule has 2 saturated carbocycles. The van der Waals surface area contributed by atoms with Gasteiger partial charge in [-0.25, -0.2) is 0 Å². The zero-order valence-electron chi connectivity index (χ0n) is 19.5. The third-order valence-corrected chi connectivity index (χ3v) is 7.70. The molecule has 0 aliphatic heterocycles. The summed E-state index contributed by atoms with van der Waals surface area (Å²) in [5.74, 6) is 1.20. The zero-order valence-corrected chi connectivity index (χ0v) is 24.5. The fourth-order valence-corrected chi connectivity index (χ4v) is 5.90. The zero-order chi connectivity index (χ0) is 22.2. The van der Waals surface area contributed by atoms with Crippen LogP contribution in [0.25, 0.3) is 16.5 Å².